The second-order valence-electron chi connectivity index (χ2n) is 8.29. The van der Waals surface area contributed by atoms with Gasteiger partial charge in [0.25, 0.3) is 5.56 Å². The lowest BCUT2D eigenvalue weighted by Gasteiger charge is -2.11. The number of phenols is 1. The summed E-state index contributed by atoms with van der Waals surface area (Å²) in [6, 6.07) is 14.5. The highest BCUT2D eigenvalue weighted by Crippen LogP contribution is 2.35. The molecular formula is C25H23N5O3. The van der Waals surface area contributed by atoms with E-state index in [1.807, 2.05) is 49.5 Å². The van der Waals surface area contributed by atoms with Crippen LogP contribution in [-0.4, -0.2) is 50.2 Å². The van der Waals surface area contributed by atoms with Crippen molar-refractivity contribution in [2.75, 3.05) is 20.6 Å². The molecule has 0 aliphatic rings. The van der Waals surface area contributed by atoms with E-state index in [4.69, 9.17) is 0 Å². The molecule has 0 atom stereocenters. The topological polar surface area (TPSA) is 107 Å². The number of nitrogens with one attached hydrogen (secondary N) is 2. The Kier molecular flexibility index (Phi) is 5.07. The van der Waals surface area contributed by atoms with Gasteiger partial charge in [-0.2, -0.15) is 0 Å². The molecular weight excluding hydrogens is 418 g/mol. The molecule has 0 unspecified atom stereocenters. The third kappa shape index (κ3) is 3.70. The van der Waals surface area contributed by atoms with Crippen molar-refractivity contribution in [1.82, 2.24) is 24.4 Å². The maximum absolute atomic E-state index is 13.1. The molecule has 8 nitrogen and oxygen atoms in total. The van der Waals surface area contributed by atoms with E-state index in [2.05, 4.69) is 15.0 Å². The van der Waals surface area contributed by atoms with Crippen molar-refractivity contribution in [3.05, 3.63) is 81.8 Å². The smallest absolute Gasteiger partial charge is 0.328 e. The molecule has 0 saturated carbocycles. The van der Waals surface area contributed by atoms with Crippen molar-refractivity contribution >= 4 is 21.9 Å². The first-order valence-electron chi connectivity index (χ1n) is 10.6. The number of hydrogen-bond acceptors (Lipinski definition) is 5. The minimum Gasteiger partial charge on any atom is -0.507 e. The van der Waals surface area contributed by atoms with Crippen molar-refractivity contribution in [2.45, 2.75) is 6.54 Å². The lowest BCUT2D eigenvalue weighted by atomic mass is 10.0. The van der Waals surface area contributed by atoms with Crippen molar-refractivity contribution in [1.29, 1.82) is 0 Å². The molecule has 0 radical (unpaired) electrons. The summed E-state index contributed by atoms with van der Waals surface area (Å²) >= 11 is 0. The van der Waals surface area contributed by atoms with E-state index in [9.17, 15) is 14.7 Å². The van der Waals surface area contributed by atoms with Crippen LogP contribution in [0.4, 0.5) is 0 Å². The summed E-state index contributed by atoms with van der Waals surface area (Å²) in [6.07, 6.45) is 3.57. The summed E-state index contributed by atoms with van der Waals surface area (Å²) in [5.41, 5.74) is 3.66. The summed E-state index contributed by atoms with van der Waals surface area (Å²) < 4.78 is 1.23. The molecule has 3 aromatic heterocycles. The number of aromatic amines is 2. The predicted molar refractivity (Wildman–Crippen MR) is 130 cm³/mol. The quantitative estimate of drug-likeness (QED) is 0.388. The third-order valence-corrected chi connectivity index (χ3v) is 5.81. The van der Waals surface area contributed by atoms with Crippen molar-refractivity contribution < 1.29 is 5.11 Å². The Hall–Kier alpha value is -4.17. The molecule has 33 heavy (non-hydrogen) atoms. The SMILES string of the molecule is CN(C)CCn1c(=O)[nH]c2ccc(-c3cnc4[nH]cc(-c5ccccc5O)c4c3)cc2c1=O. The Morgan fingerprint density at radius 1 is 1.00 bits per heavy atom. The number of aromatic nitrogens is 4. The fourth-order valence-electron chi connectivity index (χ4n) is 4.02. The van der Waals surface area contributed by atoms with Gasteiger partial charge in [-0.15, -0.1) is 0 Å². The zero-order valence-corrected chi connectivity index (χ0v) is 18.3. The highest BCUT2D eigenvalue weighted by molar-refractivity contribution is 5.97. The molecule has 0 fully saturated rings. The summed E-state index contributed by atoms with van der Waals surface area (Å²) in [5.74, 6) is 0.191. The third-order valence-electron chi connectivity index (χ3n) is 5.81. The van der Waals surface area contributed by atoms with E-state index < -0.39 is 5.69 Å². The Labute approximate surface area is 188 Å². The second-order valence-corrected chi connectivity index (χ2v) is 8.29. The van der Waals surface area contributed by atoms with Crippen LogP contribution in [0.25, 0.3) is 44.2 Å². The first-order valence-corrected chi connectivity index (χ1v) is 10.6. The number of H-pyrrole nitrogens is 2. The monoisotopic (exact) mass is 441 g/mol. The van der Waals surface area contributed by atoms with E-state index in [0.29, 0.717) is 35.2 Å². The summed E-state index contributed by atoms with van der Waals surface area (Å²) in [7, 11) is 3.79. The van der Waals surface area contributed by atoms with Crippen LogP contribution in [0.5, 0.6) is 5.75 Å². The van der Waals surface area contributed by atoms with Gasteiger partial charge in [0.2, 0.25) is 0 Å². The largest absolute Gasteiger partial charge is 0.507 e. The molecule has 0 spiro atoms. The van der Waals surface area contributed by atoms with E-state index in [1.165, 1.54) is 4.57 Å². The maximum Gasteiger partial charge on any atom is 0.328 e. The number of pyridine rings is 1. The number of hydrogen-bond donors (Lipinski definition) is 3. The molecule has 0 saturated heterocycles. The average molecular weight is 441 g/mol. The van der Waals surface area contributed by atoms with Crippen LogP contribution in [0.15, 0.2) is 70.5 Å². The molecule has 5 aromatic rings. The van der Waals surface area contributed by atoms with Gasteiger partial charge in [0, 0.05) is 47.6 Å². The molecule has 0 amide bonds. The number of fused-ring (bicyclic) bond motifs is 2. The minimum absolute atomic E-state index is 0.191. The molecule has 8 heteroatoms. The highest BCUT2D eigenvalue weighted by atomic mass is 16.3. The lowest BCUT2D eigenvalue weighted by Crippen LogP contribution is -2.37. The average Bonchev–Trinajstić information content (AvgIpc) is 3.22. The first-order chi connectivity index (χ1) is 15.9. The van der Waals surface area contributed by atoms with E-state index in [0.717, 1.165) is 22.1 Å². The molecule has 166 valence electrons. The van der Waals surface area contributed by atoms with Gasteiger partial charge < -0.3 is 20.0 Å². The standard InChI is InChI=1S/C25H23N5O3/c1-29(2)9-10-30-24(32)19-11-15(7-8-21(19)28-25(30)33)16-12-18-20(14-27-23(18)26-13-16)17-5-3-4-6-22(17)31/h3-8,11-14,31H,9-10H2,1-2H3,(H,26,27)(H,28,33). The van der Waals surface area contributed by atoms with Gasteiger partial charge >= 0.3 is 5.69 Å². The number of phenolic OH excluding ortho intramolecular Hbond substituents is 1. The number of nitrogens with zero attached hydrogens (tertiary/aromatic N) is 3. The van der Waals surface area contributed by atoms with Gasteiger partial charge in [-0.3, -0.25) is 9.36 Å². The van der Waals surface area contributed by atoms with Crippen molar-refractivity contribution in [3.8, 4) is 28.0 Å². The number of aromatic hydroxyl groups is 1. The number of para-hydroxylation sites is 1. The van der Waals surface area contributed by atoms with E-state index in [1.54, 1.807) is 30.5 Å². The van der Waals surface area contributed by atoms with Gasteiger partial charge in [-0.05, 0) is 43.9 Å². The summed E-state index contributed by atoms with van der Waals surface area (Å²) in [6.45, 7) is 0.888. The highest BCUT2D eigenvalue weighted by Gasteiger charge is 2.13. The number of benzene rings is 2. The van der Waals surface area contributed by atoms with E-state index in [-0.39, 0.29) is 11.3 Å². The van der Waals surface area contributed by atoms with Crippen molar-refractivity contribution in [3.63, 3.8) is 0 Å². The van der Waals surface area contributed by atoms with Crippen LogP contribution in [-0.2, 0) is 6.54 Å². The fraction of sp³-hybridized carbons (Fsp3) is 0.160. The fourth-order valence-corrected chi connectivity index (χ4v) is 4.02. The molecule has 3 N–H and O–H groups in total. The molecule has 0 bridgehead atoms. The van der Waals surface area contributed by atoms with Crippen LogP contribution >= 0.6 is 0 Å². The van der Waals surface area contributed by atoms with Crippen LogP contribution in [0.2, 0.25) is 0 Å². The summed E-state index contributed by atoms with van der Waals surface area (Å²) in [4.78, 5) is 37.9. The number of likely N-dealkylation sites (N-methyl/N-ethyl adjacent to an activating group) is 1. The van der Waals surface area contributed by atoms with E-state index >= 15 is 0 Å². The predicted octanol–water partition coefficient (Wildman–Crippen LogP) is 3.17. The lowest BCUT2D eigenvalue weighted by molar-refractivity contribution is 0.377. The zero-order valence-electron chi connectivity index (χ0n) is 18.3. The van der Waals surface area contributed by atoms with Gasteiger partial charge in [0.15, 0.2) is 0 Å². The maximum atomic E-state index is 13.1. The van der Waals surface area contributed by atoms with Gasteiger partial charge in [-0.1, -0.05) is 24.3 Å². The second kappa shape index (κ2) is 8.07. The van der Waals surface area contributed by atoms with Crippen LogP contribution in [0.3, 0.4) is 0 Å². The minimum atomic E-state index is -0.412. The van der Waals surface area contributed by atoms with Crippen LogP contribution in [0, 0.1) is 0 Å². The first kappa shape index (κ1) is 20.7. The molecule has 2 aromatic carbocycles. The molecule has 5 rings (SSSR count). The van der Waals surface area contributed by atoms with Gasteiger partial charge in [-0.25, -0.2) is 9.78 Å². The zero-order chi connectivity index (χ0) is 23.1. The van der Waals surface area contributed by atoms with Crippen molar-refractivity contribution in [2.24, 2.45) is 0 Å². The van der Waals surface area contributed by atoms with Gasteiger partial charge in [0.1, 0.15) is 11.4 Å². The Morgan fingerprint density at radius 3 is 2.58 bits per heavy atom. The Bertz CT molecular complexity index is 1610. The van der Waals surface area contributed by atoms with Crippen LogP contribution < -0.4 is 11.2 Å². The number of rotatable bonds is 5. The Balaban J connectivity index is 1.64. The molecule has 0 aliphatic carbocycles. The summed E-state index contributed by atoms with van der Waals surface area (Å²) in [5, 5.41) is 11.6. The Morgan fingerprint density at radius 2 is 1.79 bits per heavy atom. The molecule has 3 heterocycles. The molecule has 0 aliphatic heterocycles. The normalized spacial score (nSPS) is 11.6. The van der Waals surface area contributed by atoms with Gasteiger partial charge in [0.05, 0.1) is 10.9 Å². The van der Waals surface area contributed by atoms with Crippen LogP contribution in [0.1, 0.15) is 0 Å².